The Kier molecular flexibility index (Phi) is 6.47. The number of aryl methyl sites for hydroxylation is 1. The van der Waals surface area contributed by atoms with Crippen LogP contribution >= 0.6 is 11.3 Å². The van der Waals surface area contributed by atoms with Gasteiger partial charge in [-0.25, -0.2) is 9.37 Å². The molecule has 0 aliphatic rings. The molecule has 2 amide bonds. The molecule has 8 heteroatoms. The zero-order chi connectivity index (χ0) is 21.8. The molecule has 2 aromatic carbocycles. The number of rotatable bonds is 7. The number of primary amides is 1. The van der Waals surface area contributed by atoms with Gasteiger partial charge in [-0.3, -0.25) is 9.59 Å². The van der Waals surface area contributed by atoms with Crippen LogP contribution in [0.5, 0.6) is 5.75 Å². The van der Waals surface area contributed by atoms with E-state index in [1.165, 1.54) is 41.5 Å². The Bertz CT molecular complexity index is 1070. The quantitative estimate of drug-likeness (QED) is 0.619. The van der Waals surface area contributed by atoms with E-state index in [1.807, 2.05) is 31.2 Å². The average Bonchev–Trinajstić information content (AvgIpc) is 3.09. The largest absolute Gasteiger partial charge is 0.494 e. The first-order chi connectivity index (χ1) is 14.3. The minimum Gasteiger partial charge on any atom is -0.494 e. The lowest BCUT2D eigenvalue weighted by Crippen LogP contribution is -2.39. The highest BCUT2D eigenvalue weighted by atomic mass is 32.1. The fraction of sp³-hybridized carbons (Fsp3) is 0.227. The lowest BCUT2D eigenvalue weighted by molar-refractivity contribution is -0.122. The van der Waals surface area contributed by atoms with Crippen molar-refractivity contribution in [1.82, 2.24) is 9.88 Å². The van der Waals surface area contributed by atoms with Crippen molar-refractivity contribution in [3.63, 3.8) is 0 Å². The molecule has 1 unspecified atom stereocenters. The molecule has 0 aliphatic carbocycles. The molecule has 2 N–H and O–H groups in total. The number of halogens is 1. The van der Waals surface area contributed by atoms with E-state index in [4.69, 9.17) is 10.5 Å². The Morgan fingerprint density at radius 1 is 1.23 bits per heavy atom. The minimum absolute atomic E-state index is 0.312. The predicted octanol–water partition coefficient (Wildman–Crippen LogP) is 3.95. The van der Waals surface area contributed by atoms with Gasteiger partial charge in [0, 0.05) is 12.6 Å². The van der Waals surface area contributed by atoms with E-state index >= 15 is 0 Å². The molecule has 0 fully saturated rings. The summed E-state index contributed by atoms with van der Waals surface area (Å²) < 4.78 is 19.1. The Hall–Kier alpha value is -3.26. The number of benzene rings is 2. The van der Waals surface area contributed by atoms with Crippen molar-refractivity contribution >= 4 is 23.2 Å². The van der Waals surface area contributed by atoms with Crippen molar-refractivity contribution in [3.8, 4) is 16.3 Å². The summed E-state index contributed by atoms with van der Waals surface area (Å²) in [5, 5.41) is 0.675. The van der Waals surface area contributed by atoms with Gasteiger partial charge in [-0.1, -0.05) is 12.1 Å². The monoisotopic (exact) mass is 427 g/mol. The maximum Gasteiger partial charge on any atom is 0.266 e. The first kappa shape index (κ1) is 21.4. The van der Waals surface area contributed by atoms with E-state index in [0.29, 0.717) is 27.7 Å². The summed E-state index contributed by atoms with van der Waals surface area (Å²) in [6.07, 6.45) is 0. The topological polar surface area (TPSA) is 85.5 Å². The fourth-order valence-corrected chi connectivity index (χ4v) is 4.17. The summed E-state index contributed by atoms with van der Waals surface area (Å²) in [5.41, 5.74) is 7.24. The average molecular weight is 428 g/mol. The Morgan fingerprint density at radius 3 is 2.53 bits per heavy atom. The number of carbonyl (C=O) groups excluding carboxylic acids is 2. The number of nitrogens with zero attached hydrogens (tertiary/aromatic N) is 2. The van der Waals surface area contributed by atoms with Crippen molar-refractivity contribution in [3.05, 3.63) is 70.5 Å². The molecule has 0 saturated carbocycles. The molecule has 156 valence electrons. The Labute approximate surface area is 178 Å². The SMILES string of the molecule is CCOc1ccc(-c2nc(C)c(C(=O)N(C)C(C(N)=O)c3cccc(F)c3)s2)cc1. The lowest BCUT2D eigenvalue weighted by Gasteiger charge is -2.25. The molecule has 0 saturated heterocycles. The third kappa shape index (κ3) is 4.49. The Morgan fingerprint density at radius 2 is 1.93 bits per heavy atom. The van der Waals surface area contributed by atoms with E-state index in [0.717, 1.165) is 11.3 Å². The Balaban J connectivity index is 1.89. The van der Waals surface area contributed by atoms with Crippen molar-refractivity contribution in [2.45, 2.75) is 19.9 Å². The molecule has 0 bridgehead atoms. The maximum absolute atomic E-state index is 13.6. The summed E-state index contributed by atoms with van der Waals surface area (Å²) >= 11 is 1.23. The molecular weight excluding hydrogens is 405 g/mol. The van der Waals surface area contributed by atoms with Crippen LogP contribution in [-0.2, 0) is 4.79 Å². The summed E-state index contributed by atoms with van der Waals surface area (Å²) in [6.45, 7) is 4.22. The molecule has 1 heterocycles. The smallest absolute Gasteiger partial charge is 0.266 e. The highest BCUT2D eigenvalue weighted by Gasteiger charge is 2.30. The zero-order valence-corrected chi connectivity index (χ0v) is 17.7. The van der Waals surface area contributed by atoms with E-state index in [9.17, 15) is 14.0 Å². The van der Waals surface area contributed by atoms with Gasteiger partial charge >= 0.3 is 0 Å². The first-order valence-corrected chi connectivity index (χ1v) is 10.2. The fourth-order valence-electron chi connectivity index (χ4n) is 3.11. The lowest BCUT2D eigenvalue weighted by atomic mass is 10.0. The summed E-state index contributed by atoms with van der Waals surface area (Å²) in [7, 11) is 1.47. The number of carbonyl (C=O) groups is 2. The van der Waals surface area contributed by atoms with E-state index in [2.05, 4.69) is 4.98 Å². The van der Waals surface area contributed by atoms with Gasteiger partial charge in [0.15, 0.2) is 0 Å². The van der Waals surface area contributed by atoms with Crippen LogP contribution in [0.3, 0.4) is 0 Å². The second-order valence-electron chi connectivity index (χ2n) is 6.67. The second kappa shape index (κ2) is 9.04. The van der Waals surface area contributed by atoms with Crippen molar-refractivity contribution < 1.29 is 18.7 Å². The third-order valence-corrected chi connectivity index (χ3v) is 5.74. The van der Waals surface area contributed by atoms with Gasteiger partial charge in [0.25, 0.3) is 5.91 Å². The number of hydrogen-bond donors (Lipinski definition) is 1. The van der Waals surface area contributed by atoms with Crippen LogP contribution in [0.1, 0.15) is 33.9 Å². The number of amides is 2. The van der Waals surface area contributed by atoms with Crippen LogP contribution in [0, 0.1) is 12.7 Å². The van der Waals surface area contributed by atoms with Gasteiger partial charge in [0.2, 0.25) is 5.91 Å². The van der Waals surface area contributed by atoms with E-state index in [-0.39, 0.29) is 0 Å². The summed E-state index contributed by atoms with van der Waals surface area (Å²) in [5.74, 6) is -0.906. The second-order valence-corrected chi connectivity index (χ2v) is 7.67. The molecule has 1 atom stereocenters. The summed E-state index contributed by atoms with van der Waals surface area (Å²) in [6, 6.07) is 11.8. The highest BCUT2D eigenvalue weighted by Crippen LogP contribution is 2.31. The normalized spacial score (nSPS) is 11.7. The van der Waals surface area contributed by atoms with Gasteiger partial charge in [0.05, 0.1) is 12.3 Å². The first-order valence-electron chi connectivity index (χ1n) is 9.34. The summed E-state index contributed by atoms with van der Waals surface area (Å²) in [4.78, 5) is 31.3. The van der Waals surface area contributed by atoms with Crippen molar-refractivity contribution in [2.75, 3.05) is 13.7 Å². The highest BCUT2D eigenvalue weighted by molar-refractivity contribution is 7.17. The van der Waals surface area contributed by atoms with Crippen LogP contribution < -0.4 is 10.5 Å². The number of nitrogens with two attached hydrogens (primary N) is 1. The number of ether oxygens (including phenoxy) is 1. The molecule has 0 spiro atoms. The van der Waals surface area contributed by atoms with Crippen LogP contribution in [0.25, 0.3) is 10.6 Å². The number of thiazole rings is 1. The standard InChI is InChI=1S/C22H22FN3O3S/c1-4-29-17-10-8-14(9-11-17)21-25-13(2)19(30-21)22(28)26(3)18(20(24)27)15-6-5-7-16(23)12-15/h5-12,18H,4H2,1-3H3,(H2,24,27). The molecule has 1 aromatic heterocycles. The molecule has 30 heavy (non-hydrogen) atoms. The van der Waals surface area contributed by atoms with Crippen molar-refractivity contribution in [1.29, 1.82) is 0 Å². The van der Waals surface area contributed by atoms with Gasteiger partial charge in [-0.15, -0.1) is 11.3 Å². The van der Waals surface area contributed by atoms with Gasteiger partial charge in [-0.05, 0) is 55.8 Å². The van der Waals surface area contributed by atoms with Gasteiger partial charge in [0.1, 0.15) is 27.5 Å². The van der Waals surface area contributed by atoms with Crippen LogP contribution in [0.15, 0.2) is 48.5 Å². The van der Waals surface area contributed by atoms with E-state index < -0.39 is 23.7 Å². The number of likely N-dealkylation sites (N-methyl/N-ethyl adjacent to an activating group) is 1. The molecular formula is C22H22FN3O3S. The number of aromatic nitrogens is 1. The minimum atomic E-state index is -1.09. The van der Waals surface area contributed by atoms with Crippen LogP contribution in [0.4, 0.5) is 4.39 Å². The number of hydrogen-bond acceptors (Lipinski definition) is 5. The van der Waals surface area contributed by atoms with Crippen LogP contribution in [-0.4, -0.2) is 35.4 Å². The molecule has 3 aromatic rings. The van der Waals surface area contributed by atoms with E-state index in [1.54, 1.807) is 13.0 Å². The molecule has 3 rings (SSSR count). The molecule has 0 aliphatic heterocycles. The zero-order valence-electron chi connectivity index (χ0n) is 16.9. The maximum atomic E-state index is 13.6. The predicted molar refractivity (Wildman–Crippen MR) is 114 cm³/mol. The van der Waals surface area contributed by atoms with Gasteiger partial charge < -0.3 is 15.4 Å². The molecule has 6 nitrogen and oxygen atoms in total. The van der Waals surface area contributed by atoms with Gasteiger partial charge in [-0.2, -0.15) is 0 Å². The molecule has 0 radical (unpaired) electrons. The third-order valence-electron chi connectivity index (χ3n) is 4.54. The van der Waals surface area contributed by atoms with Crippen molar-refractivity contribution in [2.24, 2.45) is 5.73 Å². The van der Waals surface area contributed by atoms with Crippen LogP contribution in [0.2, 0.25) is 0 Å².